The second-order valence-electron chi connectivity index (χ2n) is 3.36. The van der Waals surface area contributed by atoms with Crippen molar-refractivity contribution < 1.29 is 9.90 Å². The molecule has 5 heteroatoms. The van der Waals surface area contributed by atoms with Crippen molar-refractivity contribution in [2.45, 2.75) is 32.6 Å². The van der Waals surface area contributed by atoms with Gasteiger partial charge in [-0.25, -0.2) is 4.98 Å². The third-order valence-electron chi connectivity index (χ3n) is 1.93. The standard InChI is InChI=1S/C10H16N2O2S/c1-8(14)11-10-12-9(7-15-10)5-3-2-4-6-13/h7,13H,2-6H2,1H3,(H,11,12,14). The fraction of sp³-hybridized carbons (Fsp3) is 0.600. The molecule has 0 saturated heterocycles. The zero-order valence-corrected chi connectivity index (χ0v) is 9.64. The molecule has 0 bridgehead atoms. The first-order valence-corrected chi connectivity index (χ1v) is 5.93. The highest BCUT2D eigenvalue weighted by Gasteiger charge is 2.02. The molecule has 1 amide bonds. The SMILES string of the molecule is CC(=O)Nc1nc(CCCCCO)cs1. The minimum absolute atomic E-state index is 0.0869. The second-order valence-corrected chi connectivity index (χ2v) is 4.22. The van der Waals surface area contributed by atoms with Gasteiger partial charge < -0.3 is 10.4 Å². The molecule has 2 N–H and O–H groups in total. The fourth-order valence-electron chi connectivity index (χ4n) is 1.22. The number of carbonyl (C=O) groups is 1. The molecule has 0 aliphatic carbocycles. The lowest BCUT2D eigenvalue weighted by Crippen LogP contribution is -2.05. The van der Waals surface area contributed by atoms with E-state index in [9.17, 15) is 4.79 Å². The van der Waals surface area contributed by atoms with Crippen LogP contribution in [0.2, 0.25) is 0 Å². The largest absolute Gasteiger partial charge is 0.396 e. The number of hydrogen-bond acceptors (Lipinski definition) is 4. The predicted molar refractivity (Wildman–Crippen MR) is 61.1 cm³/mol. The average molecular weight is 228 g/mol. The van der Waals surface area contributed by atoms with E-state index in [1.54, 1.807) is 0 Å². The molecule has 1 aromatic heterocycles. The van der Waals surface area contributed by atoms with Gasteiger partial charge in [0.25, 0.3) is 0 Å². The van der Waals surface area contributed by atoms with Crippen LogP contribution in [0.4, 0.5) is 5.13 Å². The number of aliphatic hydroxyl groups is 1. The molecule has 0 atom stereocenters. The van der Waals surface area contributed by atoms with Gasteiger partial charge in [0.05, 0.1) is 5.69 Å². The number of aliphatic hydroxyl groups excluding tert-OH is 1. The van der Waals surface area contributed by atoms with Crippen LogP contribution in [0.25, 0.3) is 0 Å². The maximum absolute atomic E-state index is 10.7. The first kappa shape index (κ1) is 12.1. The molecule has 1 heterocycles. The third-order valence-corrected chi connectivity index (χ3v) is 2.73. The number of unbranched alkanes of at least 4 members (excludes halogenated alkanes) is 2. The second kappa shape index (κ2) is 6.53. The van der Waals surface area contributed by atoms with Gasteiger partial charge >= 0.3 is 0 Å². The number of aryl methyl sites for hydroxylation is 1. The number of rotatable bonds is 6. The lowest BCUT2D eigenvalue weighted by atomic mass is 10.2. The van der Waals surface area contributed by atoms with Gasteiger partial charge in [0.1, 0.15) is 0 Å². The van der Waals surface area contributed by atoms with Gasteiger partial charge in [0.15, 0.2) is 5.13 Å². The minimum atomic E-state index is -0.0869. The number of hydrogen-bond donors (Lipinski definition) is 2. The highest BCUT2D eigenvalue weighted by Crippen LogP contribution is 2.16. The molecule has 4 nitrogen and oxygen atoms in total. The summed E-state index contributed by atoms with van der Waals surface area (Å²) >= 11 is 1.45. The number of nitrogens with one attached hydrogen (secondary N) is 1. The number of aromatic nitrogens is 1. The zero-order chi connectivity index (χ0) is 11.1. The maximum Gasteiger partial charge on any atom is 0.223 e. The van der Waals surface area contributed by atoms with Crippen LogP contribution in [0, 0.1) is 0 Å². The lowest BCUT2D eigenvalue weighted by molar-refractivity contribution is -0.114. The first-order chi connectivity index (χ1) is 7.22. The number of thiazole rings is 1. The summed E-state index contributed by atoms with van der Waals surface area (Å²) in [6.45, 7) is 1.73. The van der Waals surface area contributed by atoms with E-state index < -0.39 is 0 Å². The number of anilines is 1. The van der Waals surface area contributed by atoms with Crippen LogP contribution in [0.15, 0.2) is 5.38 Å². The Kier molecular flexibility index (Phi) is 5.28. The van der Waals surface area contributed by atoms with E-state index in [1.807, 2.05) is 5.38 Å². The molecule has 0 fully saturated rings. The summed E-state index contributed by atoms with van der Waals surface area (Å²) < 4.78 is 0. The summed E-state index contributed by atoms with van der Waals surface area (Å²) in [4.78, 5) is 15.0. The van der Waals surface area contributed by atoms with Crippen molar-refractivity contribution in [2.75, 3.05) is 11.9 Å². The Balaban J connectivity index is 2.29. The Morgan fingerprint density at radius 3 is 3.00 bits per heavy atom. The van der Waals surface area contributed by atoms with Gasteiger partial charge in [-0.05, 0) is 19.3 Å². The zero-order valence-electron chi connectivity index (χ0n) is 8.82. The Morgan fingerprint density at radius 1 is 1.53 bits per heavy atom. The maximum atomic E-state index is 10.7. The van der Waals surface area contributed by atoms with Crippen molar-refractivity contribution in [1.29, 1.82) is 0 Å². The molecular formula is C10H16N2O2S. The Hall–Kier alpha value is -0.940. The topological polar surface area (TPSA) is 62.2 Å². The van der Waals surface area contributed by atoms with Crippen molar-refractivity contribution in [1.82, 2.24) is 4.98 Å². The predicted octanol–water partition coefficient (Wildman–Crippen LogP) is 1.81. The third kappa shape index (κ3) is 4.90. The molecule has 0 saturated carbocycles. The van der Waals surface area contributed by atoms with Crippen LogP contribution >= 0.6 is 11.3 Å². The van der Waals surface area contributed by atoms with Crippen LogP contribution in [-0.4, -0.2) is 22.6 Å². The van der Waals surface area contributed by atoms with Crippen LogP contribution < -0.4 is 5.32 Å². The van der Waals surface area contributed by atoms with Crippen molar-refractivity contribution in [3.63, 3.8) is 0 Å². The normalized spacial score (nSPS) is 10.3. The average Bonchev–Trinajstić information content (AvgIpc) is 2.59. The molecular weight excluding hydrogens is 212 g/mol. The lowest BCUT2D eigenvalue weighted by Gasteiger charge is -1.96. The van der Waals surface area contributed by atoms with Crippen molar-refractivity contribution >= 4 is 22.4 Å². The number of nitrogens with zero attached hydrogens (tertiary/aromatic N) is 1. The molecule has 15 heavy (non-hydrogen) atoms. The van der Waals surface area contributed by atoms with Crippen LogP contribution in [0.5, 0.6) is 0 Å². The Bertz CT molecular complexity index is 312. The molecule has 0 spiro atoms. The van der Waals surface area contributed by atoms with Gasteiger partial charge in [0, 0.05) is 18.9 Å². The molecule has 1 rings (SSSR count). The summed E-state index contributed by atoms with van der Waals surface area (Å²) in [6.07, 6.45) is 3.81. The van der Waals surface area contributed by atoms with Gasteiger partial charge in [-0.1, -0.05) is 6.42 Å². The van der Waals surface area contributed by atoms with E-state index in [0.717, 1.165) is 31.4 Å². The van der Waals surface area contributed by atoms with Crippen LogP contribution in [-0.2, 0) is 11.2 Å². The van der Waals surface area contributed by atoms with Gasteiger partial charge in [-0.2, -0.15) is 0 Å². The van der Waals surface area contributed by atoms with Crippen molar-refractivity contribution in [3.05, 3.63) is 11.1 Å². The molecule has 1 aromatic rings. The van der Waals surface area contributed by atoms with Crippen LogP contribution in [0.1, 0.15) is 31.9 Å². The smallest absolute Gasteiger partial charge is 0.223 e. The highest BCUT2D eigenvalue weighted by atomic mass is 32.1. The number of carbonyl (C=O) groups excluding carboxylic acids is 1. The summed E-state index contributed by atoms with van der Waals surface area (Å²) in [7, 11) is 0. The minimum Gasteiger partial charge on any atom is -0.396 e. The van der Waals surface area contributed by atoms with Crippen LogP contribution in [0.3, 0.4) is 0 Å². The first-order valence-electron chi connectivity index (χ1n) is 5.05. The monoisotopic (exact) mass is 228 g/mol. The van der Waals surface area contributed by atoms with E-state index in [1.165, 1.54) is 18.3 Å². The van der Waals surface area contributed by atoms with E-state index >= 15 is 0 Å². The Labute approximate surface area is 93.4 Å². The number of amides is 1. The van der Waals surface area contributed by atoms with E-state index in [0.29, 0.717) is 5.13 Å². The van der Waals surface area contributed by atoms with Gasteiger partial charge in [-0.3, -0.25) is 4.79 Å². The summed E-state index contributed by atoms with van der Waals surface area (Å²) in [5, 5.41) is 13.9. The molecule has 0 radical (unpaired) electrons. The van der Waals surface area contributed by atoms with Crippen molar-refractivity contribution in [2.24, 2.45) is 0 Å². The summed E-state index contributed by atoms with van der Waals surface area (Å²) in [5.74, 6) is -0.0869. The molecule has 0 unspecified atom stereocenters. The Morgan fingerprint density at radius 2 is 2.33 bits per heavy atom. The molecule has 0 aromatic carbocycles. The quantitative estimate of drug-likeness (QED) is 0.730. The molecule has 84 valence electrons. The van der Waals surface area contributed by atoms with Gasteiger partial charge in [-0.15, -0.1) is 11.3 Å². The van der Waals surface area contributed by atoms with E-state index in [-0.39, 0.29) is 12.5 Å². The van der Waals surface area contributed by atoms with Crippen molar-refractivity contribution in [3.8, 4) is 0 Å². The van der Waals surface area contributed by atoms with E-state index in [2.05, 4.69) is 10.3 Å². The summed E-state index contributed by atoms with van der Waals surface area (Å²) in [5.41, 5.74) is 1.02. The molecule has 0 aliphatic heterocycles. The highest BCUT2D eigenvalue weighted by molar-refractivity contribution is 7.13. The molecule has 0 aliphatic rings. The fourth-order valence-corrected chi connectivity index (χ4v) is 2.02. The van der Waals surface area contributed by atoms with E-state index in [4.69, 9.17) is 5.11 Å². The summed E-state index contributed by atoms with van der Waals surface area (Å²) in [6, 6.07) is 0. The van der Waals surface area contributed by atoms with Gasteiger partial charge in [0.2, 0.25) is 5.91 Å².